The zero-order valence-electron chi connectivity index (χ0n) is 21.4. The molecule has 5 aromatic rings. The lowest BCUT2D eigenvalue weighted by atomic mass is 9.95. The van der Waals surface area contributed by atoms with Gasteiger partial charge in [-0.2, -0.15) is 15.0 Å². The van der Waals surface area contributed by atoms with Crippen molar-refractivity contribution in [1.82, 2.24) is 34.7 Å². The van der Waals surface area contributed by atoms with Gasteiger partial charge >= 0.3 is 0 Å². The van der Waals surface area contributed by atoms with E-state index in [1.807, 2.05) is 47.4 Å². The molecule has 196 valence electrons. The van der Waals surface area contributed by atoms with Crippen LogP contribution < -0.4 is 0 Å². The number of carbonyl (C=O) groups is 1. The maximum Gasteiger partial charge on any atom is 0.226 e. The van der Waals surface area contributed by atoms with Gasteiger partial charge in [0, 0.05) is 29.7 Å². The van der Waals surface area contributed by atoms with E-state index in [1.54, 1.807) is 17.2 Å². The van der Waals surface area contributed by atoms with E-state index in [-0.39, 0.29) is 11.8 Å². The maximum atomic E-state index is 13.1. The SMILES string of the molecule is O=C(Cc1ccc(-c2ccccc2)cc1)N1CCC(c2nnc(Cn3nccn3)n2-c2ccc(Cl)cc2)CC1. The third kappa shape index (κ3) is 5.61. The zero-order valence-corrected chi connectivity index (χ0v) is 22.2. The number of aromatic nitrogens is 6. The Hall–Kier alpha value is -4.30. The third-order valence-corrected chi connectivity index (χ3v) is 7.47. The van der Waals surface area contributed by atoms with E-state index in [9.17, 15) is 4.79 Å². The maximum absolute atomic E-state index is 13.1. The first-order valence-electron chi connectivity index (χ1n) is 13.1. The first-order chi connectivity index (χ1) is 19.1. The van der Waals surface area contributed by atoms with Crippen LogP contribution in [0.4, 0.5) is 0 Å². The van der Waals surface area contributed by atoms with Gasteiger partial charge in [0.15, 0.2) is 5.82 Å². The Labute approximate surface area is 231 Å². The summed E-state index contributed by atoms with van der Waals surface area (Å²) in [5.41, 5.74) is 4.30. The summed E-state index contributed by atoms with van der Waals surface area (Å²) in [6.07, 6.45) is 5.35. The van der Waals surface area contributed by atoms with Gasteiger partial charge in [0.25, 0.3) is 0 Å². The number of hydrogen-bond acceptors (Lipinski definition) is 5. The zero-order chi connectivity index (χ0) is 26.6. The van der Waals surface area contributed by atoms with Gasteiger partial charge in [-0.05, 0) is 53.8 Å². The molecule has 8 nitrogen and oxygen atoms in total. The molecular formula is C30H28ClN7O. The topological polar surface area (TPSA) is 81.7 Å². The molecule has 1 fully saturated rings. The minimum atomic E-state index is 0.158. The number of hydrogen-bond donors (Lipinski definition) is 0. The average molecular weight is 538 g/mol. The van der Waals surface area contributed by atoms with E-state index in [0.29, 0.717) is 31.1 Å². The van der Waals surface area contributed by atoms with Gasteiger partial charge < -0.3 is 4.90 Å². The average Bonchev–Trinajstić information content (AvgIpc) is 3.65. The molecule has 1 aliphatic heterocycles. The minimum absolute atomic E-state index is 0.158. The summed E-state index contributed by atoms with van der Waals surface area (Å²) in [6, 6.07) is 26.2. The molecule has 3 heterocycles. The summed E-state index contributed by atoms with van der Waals surface area (Å²) in [6.45, 7) is 1.78. The van der Waals surface area contributed by atoms with E-state index in [2.05, 4.69) is 61.4 Å². The van der Waals surface area contributed by atoms with Gasteiger partial charge in [0.2, 0.25) is 5.91 Å². The normalized spacial score (nSPS) is 14.0. The van der Waals surface area contributed by atoms with E-state index in [0.717, 1.165) is 41.3 Å². The van der Waals surface area contributed by atoms with Crippen molar-refractivity contribution in [2.45, 2.75) is 31.7 Å². The molecule has 6 rings (SSSR count). The lowest BCUT2D eigenvalue weighted by Gasteiger charge is -2.32. The van der Waals surface area contributed by atoms with Gasteiger partial charge in [0.1, 0.15) is 12.4 Å². The fourth-order valence-corrected chi connectivity index (χ4v) is 5.27. The molecule has 1 amide bonds. The number of halogens is 1. The molecule has 0 N–H and O–H groups in total. The summed E-state index contributed by atoms with van der Waals surface area (Å²) in [5.74, 6) is 1.98. The molecule has 0 radical (unpaired) electrons. The molecule has 39 heavy (non-hydrogen) atoms. The van der Waals surface area contributed by atoms with Crippen LogP contribution in [0.2, 0.25) is 5.02 Å². The highest BCUT2D eigenvalue weighted by Gasteiger charge is 2.29. The van der Waals surface area contributed by atoms with Crippen LogP contribution >= 0.6 is 11.6 Å². The molecule has 0 saturated carbocycles. The second kappa shape index (κ2) is 11.2. The van der Waals surface area contributed by atoms with Crippen molar-refractivity contribution in [3.8, 4) is 16.8 Å². The molecule has 0 unspecified atom stereocenters. The van der Waals surface area contributed by atoms with Crippen molar-refractivity contribution in [2.75, 3.05) is 13.1 Å². The van der Waals surface area contributed by atoms with Crippen LogP contribution in [0.1, 0.15) is 36.0 Å². The predicted molar refractivity (Wildman–Crippen MR) is 150 cm³/mol. The van der Waals surface area contributed by atoms with E-state index in [4.69, 9.17) is 11.6 Å². The van der Waals surface area contributed by atoms with Crippen molar-refractivity contribution in [3.05, 3.63) is 113 Å². The number of carbonyl (C=O) groups excluding carboxylic acids is 1. The highest BCUT2D eigenvalue weighted by molar-refractivity contribution is 6.30. The number of benzene rings is 3. The van der Waals surface area contributed by atoms with Gasteiger partial charge in [-0.3, -0.25) is 9.36 Å². The largest absolute Gasteiger partial charge is 0.342 e. The summed E-state index contributed by atoms with van der Waals surface area (Å²) >= 11 is 6.15. The van der Waals surface area contributed by atoms with Crippen LogP contribution in [0.5, 0.6) is 0 Å². The smallest absolute Gasteiger partial charge is 0.226 e. The Kier molecular flexibility index (Phi) is 7.19. The summed E-state index contributed by atoms with van der Waals surface area (Å²) in [4.78, 5) is 16.7. The van der Waals surface area contributed by atoms with Crippen LogP contribution in [0.25, 0.3) is 16.8 Å². The first kappa shape index (κ1) is 25.0. The minimum Gasteiger partial charge on any atom is -0.342 e. The Morgan fingerprint density at radius 1 is 0.821 bits per heavy atom. The standard InChI is InChI=1S/C30H28ClN7O/c31-26-10-12-27(13-11-26)38-28(21-37-32-16-17-33-37)34-35-30(38)25-14-18-36(19-15-25)29(39)20-22-6-8-24(9-7-22)23-4-2-1-3-5-23/h1-13,16-17,25H,14-15,18-21H2. The summed E-state index contributed by atoms with van der Waals surface area (Å²) in [7, 11) is 0. The van der Waals surface area contributed by atoms with Crippen LogP contribution in [-0.2, 0) is 17.8 Å². The van der Waals surface area contributed by atoms with Crippen LogP contribution in [0, 0.1) is 0 Å². The lowest BCUT2D eigenvalue weighted by molar-refractivity contribution is -0.131. The molecule has 1 saturated heterocycles. The molecular weight excluding hydrogens is 510 g/mol. The van der Waals surface area contributed by atoms with Crippen molar-refractivity contribution < 1.29 is 4.79 Å². The van der Waals surface area contributed by atoms with Crippen LogP contribution in [0.15, 0.2) is 91.3 Å². The van der Waals surface area contributed by atoms with Gasteiger partial charge in [-0.25, -0.2) is 0 Å². The Balaban J connectivity index is 1.13. The Morgan fingerprint density at radius 2 is 1.49 bits per heavy atom. The molecule has 0 bridgehead atoms. The van der Waals surface area contributed by atoms with Crippen molar-refractivity contribution in [3.63, 3.8) is 0 Å². The van der Waals surface area contributed by atoms with E-state index in [1.165, 1.54) is 5.56 Å². The number of rotatable bonds is 7. The first-order valence-corrected chi connectivity index (χ1v) is 13.5. The van der Waals surface area contributed by atoms with Gasteiger partial charge in [-0.15, -0.1) is 10.2 Å². The highest BCUT2D eigenvalue weighted by Crippen LogP contribution is 2.30. The van der Waals surface area contributed by atoms with Crippen molar-refractivity contribution >= 4 is 17.5 Å². The molecule has 0 spiro atoms. The Bertz CT molecular complexity index is 1520. The second-order valence-electron chi connectivity index (χ2n) is 9.74. The third-order valence-electron chi connectivity index (χ3n) is 7.22. The number of likely N-dealkylation sites (tertiary alicyclic amines) is 1. The van der Waals surface area contributed by atoms with Gasteiger partial charge in [0.05, 0.1) is 18.8 Å². The summed E-state index contributed by atoms with van der Waals surface area (Å²) in [5, 5.41) is 18.2. The number of amides is 1. The molecule has 2 aromatic heterocycles. The quantitative estimate of drug-likeness (QED) is 0.286. The Morgan fingerprint density at radius 3 is 2.18 bits per heavy atom. The predicted octanol–water partition coefficient (Wildman–Crippen LogP) is 5.18. The van der Waals surface area contributed by atoms with Crippen LogP contribution in [-0.4, -0.2) is 53.7 Å². The van der Waals surface area contributed by atoms with Crippen LogP contribution in [0.3, 0.4) is 0 Å². The van der Waals surface area contributed by atoms with Crippen molar-refractivity contribution in [1.29, 1.82) is 0 Å². The summed E-state index contributed by atoms with van der Waals surface area (Å²) < 4.78 is 2.08. The highest BCUT2D eigenvalue weighted by atomic mass is 35.5. The fourth-order valence-electron chi connectivity index (χ4n) is 5.14. The van der Waals surface area contributed by atoms with Gasteiger partial charge in [-0.1, -0.05) is 66.2 Å². The van der Waals surface area contributed by atoms with E-state index >= 15 is 0 Å². The second-order valence-corrected chi connectivity index (χ2v) is 10.2. The number of nitrogens with zero attached hydrogens (tertiary/aromatic N) is 7. The van der Waals surface area contributed by atoms with Crippen molar-refractivity contribution in [2.24, 2.45) is 0 Å². The molecule has 3 aromatic carbocycles. The number of piperidine rings is 1. The fraction of sp³-hybridized carbons (Fsp3) is 0.233. The van der Waals surface area contributed by atoms with E-state index < -0.39 is 0 Å². The lowest BCUT2D eigenvalue weighted by Crippen LogP contribution is -2.39. The molecule has 1 aliphatic rings. The molecule has 9 heteroatoms. The molecule has 0 aliphatic carbocycles. The molecule has 0 atom stereocenters. The monoisotopic (exact) mass is 537 g/mol.